The summed E-state index contributed by atoms with van der Waals surface area (Å²) >= 11 is 0. The topological polar surface area (TPSA) is 70.5 Å². The van der Waals surface area contributed by atoms with Crippen molar-refractivity contribution in [1.29, 1.82) is 0 Å². The number of pyridine rings is 1. The molecule has 0 aliphatic rings. The number of carboxylic acids is 1. The van der Waals surface area contributed by atoms with Crippen LogP contribution in [0.25, 0.3) is 0 Å². The van der Waals surface area contributed by atoms with E-state index in [-0.39, 0.29) is 18.5 Å². The number of carbonyl (C=O) groups is 2. The van der Waals surface area contributed by atoms with E-state index >= 15 is 0 Å². The van der Waals surface area contributed by atoms with Gasteiger partial charge in [-0.2, -0.15) is 0 Å². The van der Waals surface area contributed by atoms with Gasteiger partial charge < -0.3 is 10.0 Å². The molecule has 0 aromatic carbocycles. The molecule has 0 fully saturated rings. The van der Waals surface area contributed by atoms with Gasteiger partial charge in [0.15, 0.2) is 0 Å². The molecule has 5 heteroatoms. The first kappa shape index (κ1) is 15.1. The molecule has 0 aliphatic heterocycles. The highest BCUT2D eigenvalue weighted by Gasteiger charge is 2.21. The summed E-state index contributed by atoms with van der Waals surface area (Å²) < 4.78 is 0. The van der Waals surface area contributed by atoms with E-state index in [9.17, 15) is 9.59 Å². The van der Waals surface area contributed by atoms with Crippen molar-refractivity contribution >= 4 is 11.9 Å². The standard InChI is InChI=1S/C14H20N2O3/c1-3-11(2)16(10-14(18)19)13(17)7-6-12-5-4-8-15-9-12/h4-5,8-9,11H,3,6-7,10H2,1-2H3,(H,18,19). The number of aliphatic carboxylic acids is 1. The van der Waals surface area contributed by atoms with Crippen LogP contribution >= 0.6 is 0 Å². The Labute approximate surface area is 113 Å². The monoisotopic (exact) mass is 264 g/mol. The van der Waals surface area contributed by atoms with Crippen molar-refractivity contribution in [2.75, 3.05) is 6.54 Å². The van der Waals surface area contributed by atoms with E-state index in [0.29, 0.717) is 12.8 Å². The highest BCUT2D eigenvalue weighted by molar-refractivity contribution is 5.81. The number of aryl methyl sites for hydroxylation is 1. The maximum absolute atomic E-state index is 12.1. The van der Waals surface area contributed by atoms with Crippen LogP contribution in [-0.2, 0) is 16.0 Å². The fraction of sp³-hybridized carbons (Fsp3) is 0.500. The number of rotatable bonds is 7. The third kappa shape index (κ3) is 5.07. The zero-order valence-corrected chi connectivity index (χ0v) is 11.4. The van der Waals surface area contributed by atoms with Crippen molar-refractivity contribution in [2.24, 2.45) is 0 Å². The summed E-state index contributed by atoms with van der Waals surface area (Å²) in [6, 6.07) is 3.67. The van der Waals surface area contributed by atoms with Crippen molar-refractivity contribution in [1.82, 2.24) is 9.88 Å². The summed E-state index contributed by atoms with van der Waals surface area (Å²) in [6.45, 7) is 3.57. The maximum Gasteiger partial charge on any atom is 0.323 e. The summed E-state index contributed by atoms with van der Waals surface area (Å²) in [6.07, 6.45) is 5.04. The van der Waals surface area contributed by atoms with E-state index in [1.165, 1.54) is 4.90 Å². The summed E-state index contributed by atoms with van der Waals surface area (Å²) in [5, 5.41) is 8.86. The van der Waals surface area contributed by atoms with Gasteiger partial charge in [0.1, 0.15) is 6.54 Å². The van der Waals surface area contributed by atoms with E-state index in [1.54, 1.807) is 12.4 Å². The van der Waals surface area contributed by atoms with Gasteiger partial charge in [-0.1, -0.05) is 13.0 Å². The predicted molar refractivity (Wildman–Crippen MR) is 71.7 cm³/mol. The summed E-state index contributed by atoms with van der Waals surface area (Å²) in [5.74, 6) is -1.10. The number of carboxylic acid groups (broad SMARTS) is 1. The molecule has 0 radical (unpaired) electrons. The number of hydrogen-bond donors (Lipinski definition) is 1. The number of hydrogen-bond acceptors (Lipinski definition) is 3. The molecule has 0 aliphatic carbocycles. The Bertz CT molecular complexity index is 420. The third-order valence-electron chi connectivity index (χ3n) is 3.10. The lowest BCUT2D eigenvalue weighted by molar-refractivity contribution is -0.146. The SMILES string of the molecule is CCC(C)N(CC(=O)O)C(=O)CCc1cccnc1. The van der Waals surface area contributed by atoms with E-state index in [0.717, 1.165) is 12.0 Å². The van der Waals surface area contributed by atoms with Crippen molar-refractivity contribution in [3.8, 4) is 0 Å². The van der Waals surface area contributed by atoms with Crippen LogP contribution in [0.3, 0.4) is 0 Å². The van der Waals surface area contributed by atoms with Gasteiger partial charge in [-0.25, -0.2) is 0 Å². The van der Waals surface area contributed by atoms with Gasteiger partial charge >= 0.3 is 5.97 Å². The molecule has 0 spiro atoms. The Kier molecular flexibility index (Phi) is 5.99. The number of amides is 1. The Morgan fingerprint density at radius 1 is 1.47 bits per heavy atom. The van der Waals surface area contributed by atoms with Crippen LogP contribution < -0.4 is 0 Å². The van der Waals surface area contributed by atoms with Crippen LogP contribution in [0.15, 0.2) is 24.5 Å². The second-order valence-corrected chi connectivity index (χ2v) is 4.53. The molecular weight excluding hydrogens is 244 g/mol. The Morgan fingerprint density at radius 2 is 2.21 bits per heavy atom. The quantitative estimate of drug-likeness (QED) is 0.814. The normalized spacial score (nSPS) is 11.9. The van der Waals surface area contributed by atoms with Crippen LogP contribution in [0.4, 0.5) is 0 Å². The first-order chi connectivity index (χ1) is 9.04. The van der Waals surface area contributed by atoms with Gasteiger partial charge in [0.05, 0.1) is 0 Å². The molecule has 1 aromatic heterocycles. The van der Waals surface area contributed by atoms with Gasteiger partial charge in [0.2, 0.25) is 5.91 Å². The number of carbonyl (C=O) groups excluding carboxylic acids is 1. The highest BCUT2D eigenvalue weighted by atomic mass is 16.4. The lowest BCUT2D eigenvalue weighted by atomic mass is 10.1. The zero-order valence-electron chi connectivity index (χ0n) is 11.4. The van der Waals surface area contributed by atoms with Crippen molar-refractivity contribution in [3.05, 3.63) is 30.1 Å². The third-order valence-corrected chi connectivity index (χ3v) is 3.10. The lowest BCUT2D eigenvalue weighted by Gasteiger charge is -2.27. The Hall–Kier alpha value is -1.91. The molecule has 1 N–H and O–H groups in total. The van der Waals surface area contributed by atoms with Gasteiger partial charge in [-0.15, -0.1) is 0 Å². The van der Waals surface area contributed by atoms with E-state index in [2.05, 4.69) is 4.98 Å². The summed E-state index contributed by atoms with van der Waals surface area (Å²) in [4.78, 5) is 28.3. The molecule has 0 bridgehead atoms. The number of nitrogens with zero attached hydrogens (tertiary/aromatic N) is 2. The molecule has 5 nitrogen and oxygen atoms in total. The second-order valence-electron chi connectivity index (χ2n) is 4.53. The van der Waals surface area contributed by atoms with Gasteiger partial charge in [-0.3, -0.25) is 14.6 Å². The molecule has 104 valence electrons. The van der Waals surface area contributed by atoms with Gasteiger partial charge in [-0.05, 0) is 31.4 Å². The minimum Gasteiger partial charge on any atom is -0.480 e. The minimum atomic E-state index is -0.977. The maximum atomic E-state index is 12.1. The van der Waals surface area contributed by atoms with Crippen molar-refractivity contribution in [2.45, 2.75) is 39.2 Å². The summed E-state index contributed by atoms with van der Waals surface area (Å²) in [5.41, 5.74) is 0.982. The average Bonchev–Trinajstić information content (AvgIpc) is 2.42. The number of aromatic nitrogens is 1. The fourth-order valence-corrected chi connectivity index (χ4v) is 1.80. The molecule has 1 unspecified atom stereocenters. The largest absolute Gasteiger partial charge is 0.480 e. The summed E-state index contributed by atoms with van der Waals surface area (Å²) in [7, 11) is 0. The second kappa shape index (κ2) is 7.51. The van der Waals surface area contributed by atoms with Crippen LogP contribution in [0.5, 0.6) is 0 Å². The molecular formula is C14H20N2O3. The minimum absolute atomic E-state index is 0.0579. The van der Waals surface area contributed by atoms with E-state index in [1.807, 2.05) is 26.0 Å². The average molecular weight is 264 g/mol. The Morgan fingerprint density at radius 3 is 2.74 bits per heavy atom. The first-order valence-electron chi connectivity index (χ1n) is 6.44. The van der Waals surface area contributed by atoms with Crippen molar-refractivity contribution < 1.29 is 14.7 Å². The fourth-order valence-electron chi connectivity index (χ4n) is 1.80. The van der Waals surface area contributed by atoms with Crippen LogP contribution in [0.2, 0.25) is 0 Å². The molecule has 1 rings (SSSR count). The van der Waals surface area contributed by atoms with Gasteiger partial charge in [0.25, 0.3) is 0 Å². The van der Waals surface area contributed by atoms with E-state index < -0.39 is 5.97 Å². The molecule has 1 atom stereocenters. The molecule has 1 aromatic rings. The van der Waals surface area contributed by atoms with E-state index in [4.69, 9.17) is 5.11 Å². The molecule has 0 saturated heterocycles. The zero-order chi connectivity index (χ0) is 14.3. The molecule has 19 heavy (non-hydrogen) atoms. The highest BCUT2D eigenvalue weighted by Crippen LogP contribution is 2.08. The molecule has 1 heterocycles. The van der Waals surface area contributed by atoms with Gasteiger partial charge in [0, 0.05) is 24.9 Å². The predicted octanol–water partition coefficient (Wildman–Crippen LogP) is 1.73. The van der Waals surface area contributed by atoms with Crippen LogP contribution in [0, 0.1) is 0 Å². The Balaban J connectivity index is 2.59. The molecule has 1 amide bonds. The van der Waals surface area contributed by atoms with Crippen molar-refractivity contribution in [3.63, 3.8) is 0 Å². The smallest absolute Gasteiger partial charge is 0.323 e. The molecule has 0 saturated carbocycles. The van der Waals surface area contributed by atoms with Crippen LogP contribution in [0.1, 0.15) is 32.3 Å². The first-order valence-corrected chi connectivity index (χ1v) is 6.44. The lowest BCUT2D eigenvalue weighted by Crippen LogP contribution is -2.41. The van der Waals surface area contributed by atoms with Crippen LogP contribution in [-0.4, -0.2) is 39.5 Å².